The first-order valence-electron chi connectivity index (χ1n) is 11.5. The lowest BCUT2D eigenvalue weighted by Crippen LogP contribution is -2.55. The number of carbonyl (C=O) groups excluding carboxylic acids is 2. The molecule has 2 amide bonds. The molecule has 1 saturated carbocycles. The summed E-state index contributed by atoms with van der Waals surface area (Å²) in [5.74, 6) is -0.0157. The third-order valence-corrected chi connectivity index (χ3v) is 6.86. The van der Waals surface area contributed by atoms with Gasteiger partial charge in [0.25, 0.3) is 0 Å². The monoisotopic (exact) mass is 422 g/mol. The lowest BCUT2D eigenvalue weighted by Gasteiger charge is -2.40. The minimum atomic E-state index is -0.607. The lowest BCUT2D eigenvalue weighted by molar-refractivity contribution is -0.143. The topological polar surface area (TPSA) is 40.6 Å². The second kappa shape index (κ2) is 9.63. The maximum atomic E-state index is 13.9. The van der Waals surface area contributed by atoms with Crippen LogP contribution in [0.5, 0.6) is 0 Å². The fourth-order valence-corrected chi connectivity index (χ4v) is 5.10. The molecule has 1 heterocycles. The van der Waals surface area contributed by atoms with Gasteiger partial charge < -0.3 is 9.80 Å². The molecule has 0 unspecified atom stereocenters. The largest absolute Gasteiger partial charge is 0.339 e. The van der Waals surface area contributed by atoms with Crippen LogP contribution in [0.4, 0.5) is 4.39 Å². The highest BCUT2D eigenvalue weighted by Crippen LogP contribution is 2.43. The van der Waals surface area contributed by atoms with E-state index in [4.69, 9.17) is 0 Å². The van der Waals surface area contributed by atoms with Gasteiger partial charge >= 0.3 is 0 Å². The summed E-state index contributed by atoms with van der Waals surface area (Å²) < 4.78 is 13.9. The Morgan fingerprint density at radius 2 is 1.55 bits per heavy atom. The molecule has 4 nitrogen and oxygen atoms in total. The highest BCUT2D eigenvalue weighted by atomic mass is 19.1. The van der Waals surface area contributed by atoms with Crippen LogP contribution in [0, 0.1) is 5.82 Å². The summed E-state index contributed by atoms with van der Waals surface area (Å²) in [6.07, 6.45) is 5.80. The molecule has 2 aromatic carbocycles. The number of rotatable bonds is 6. The zero-order chi connectivity index (χ0) is 21.7. The van der Waals surface area contributed by atoms with Gasteiger partial charge in [-0.25, -0.2) is 4.39 Å². The van der Waals surface area contributed by atoms with E-state index >= 15 is 0 Å². The Hall–Kier alpha value is -2.69. The first-order valence-corrected chi connectivity index (χ1v) is 11.5. The second-order valence-electron chi connectivity index (χ2n) is 8.81. The summed E-state index contributed by atoms with van der Waals surface area (Å²) in [4.78, 5) is 29.9. The van der Waals surface area contributed by atoms with Gasteiger partial charge in [0, 0.05) is 32.6 Å². The number of amides is 2. The van der Waals surface area contributed by atoms with Crippen LogP contribution < -0.4 is 0 Å². The zero-order valence-electron chi connectivity index (χ0n) is 18.1. The number of aryl methyl sites for hydroxylation is 1. The molecule has 0 spiro atoms. The Kier molecular flexibility index (Phi) is 6.69. The van der Waals surface area contributed by atoms with Gasteiger partial charge in [-0.05, 0) is 48.9 Å². The predicted octanol–water partition coefficient (Wildman–Crippen LogP) is 4.33. The molecule has 5 heteroatoms. The van der Waals surface area contributed by atoms with E-state index in [0.29, 0.717) is 32.6 Å². The van der Waals surface area contributed by atoms with Gasteiger partial charge in [-0.3, -0.25) is 9.59 Å². The van der Waals surface area contributed by atoms with Gasteiger partial charge in [-0.2, -0.15) is 0 Å². The van der Waals surface area contributed by atoms with E-state index in [0.717, 1.165) is 44.1 Å². The highest BCUT2D eigenvalue weighted by Gasteiger charge is 2.45. The maximum absolute atomic E-state index is 13.9. The van der Waals surface area contributed by atoms with E-state index < -0.39 is 5.41 Å². The first kappa shape index (κ1) is 21.5. The third kappa shape index (κ3) is 4.81. The van der Waals surface area contributed by atoms with E-state index in [9.17, 15) is 14.0 Å². The van der Waals surface area contributed by atoms with Gasteiger partial charge in [-0.15, -0.1) is 0 Å². The van der Waals surface area contributed by atoms with Crippen LogP contribution in [0.2, 0.25) is 0 Å². The lowest BCUT2D eigenvalue weighted by atomic mass is 9.77. The number of hydrogen-bond acceptors (Lipinski definition) is 2. The highest BCUT2D eigenvalue weighted by molar-refractivity contribution is 5.89. The molecule has 4 rings (SSSR count). The van der Waals surface area contributed by atoms with Gasteiger partial charge in [0.05, 0.1) is 5.41 Å². The smallest absolute Gasteiger partial charge is 0.233 e. The summed E-state index contributed by atoms with van der Waals surface area (Å²) in [5, 5.41) is 0. The molecule has 2 fully saturated rings. The van der Waals surface area contributed by atoms with E-state index in [1.807, 2.05) is 34.1 Å². The van der Waals surface area contributed by atoms with Crippen LogP contribution >= 0.6 is 0 Å². The molecule has 2 aliphatic rings. The molecule has 0 bridgehead atoms. The molecule has 1 saturated heterocycles. The van der Waals surface area contributed by atoms with Crippen molar-refractivity contribution < 1.29 is 14.0 Å². The van der Waals surface area contributed by atoms with Crippen molar-refractivity contribution in [2.75, 3.05) is 26.2 Å². The third-order valence-electron chi connectivity index (χ3n) is 6.86. The minimum Gasteiger partial charge on any atom is -0.339 e. The standard InChI is InChI=1S/C26H31FN2O2/c27-23-12-7-11-22(20-23)26(14-4-5-15-26)25(31)29-18-16-28(17-19-29)24(30)13-6-10-21-8-2-1-3-9-21/h1-3,7-9,11-12,20H,4-6,10,13-19H2. The Balaban J connectivity index is 1.32. The van der Waals surface area contributed by atoms with Gasteiger partial charge in [0.2, 0.25) is 11.8 Å². The van der Waals surface area contributed by atoms with Crippen molar-refractivity contribution in [2.24, 2.45) is 0 Å². The Morgan fingerprint density at radius 3 is 2.23 bits per heavy atom. The molecule has 0 aromatic heterocycles. The van der Waals surface area contributed by atoms with Crippen LogP contribution in [0.15, 0.2) is 54.6 Å². The number of benzene rings is 2. The summed E-state index contributed by atoms with van der Waals surface area (Å²) >= 11 is 0. The van der Waals surface area contributed by atoms with Crippen LogP contribution in [0.1, 0.15) is 49.7 Å². The average molecular weight is 423 g/mol. The summed E-state index contributed by atoms with van der Waals surface area (Å²) in [7, 11) is 0. The van der Waals surface area contributed by atoms with E-state index in [-0.39, 0.29) is 17.6 Å². The number of carbonyl (C=O) groups is 2. The Bertz CT molecular complexity index is 901. The van der Waals surface area contributed by atoms with E-state index in [1.165, 1.54) is 17.7 Å². The van der Waals surface area contributed by atoms with Crippen LogP contribution in [-0.2, 0) is 21.4 Å². The van der Waals surface area contributed by atoms with Crippen molar-refractivity contribution in [3.05, 3.63) is 71.5 Å². The molecule has 31 heavy (non-hydrogen) atoms. The van der Waals surface area contributed by atoms with E-state index in [1.54, 1.807) is 6.07 Å². The second-order valence-corrected chi connectivity index (χ2v) is 8.81. The van der Waals surface area contributed by atoms with Crippen molar-refractivity contribution in [2.45, 2.75) is 50.4 Å². The van der Waals surface area contributed by atoms with Crippen LogP contribution in [0.25, 0.3) is 0 Å². The number of halogens is 1. The predicted molar refractivity (Wildman–Crippen MR) is 119 cm³/mol. The van der Waals surface area contributed by atoms with Crippen molar-refractivity contribution >= 4 is 11.8 Å². The summed E-state index contributed by atoms with van der Waals surface area (Å²) in [6, 6.07) is 16.8. The minimum absolute atomic E-state index is 0.103. The fraction of sp³-hybridized carbons (Fsp3) is 0.462. The fourth-order valence-electron chi connectivity index (χ4n) is 5.10. The maximum Gasteiger partial charge on any atom is 0.233 e. The summed E-state index contributed by atoms with van der Waals surface area (Å²) in [6.45, 7) is 2.27. The number of piperazine rings is 1. The van der Waals surface area contributed by atoms with Gasteiger partial charge in [0.1, 0.15) is 5.82 Å². The molecule has 1 aliphatic carbocycles. The summed E-state index contributed by atoms with van der Waals surface area (Å²) in [5.41, 5.74) is 1.45. The first-order chi connectivity index (χ1) is 15.1. The van der Waals surface area contributed by atoms with E-state index in [2.05, 4.69) is 12.1 Å². The molecular formula is C26H31FN2O2. The molecular weight excluding hydrogens is 391 g/mol. The average Bonchev–Trinajstić information content (AvgIpc) is 3.31. The van der Waals surface area contributed by atoms with Crippen molar-refractivity contribution in [3.8, 4) is 0 Å². The normalized spacial score (nSPS) is 18.2. The Morgan fingerprint density at radius 1 is 0.871 bits per heavy atom. The molecule has 0 N–H and O–H groups in total. The van der Waals surface area contributed by atoms with Crippen LogP contribution in [-0.4, -0.2) is 47.8 Å². The Labute approximate surface area is 184 Å². The van der Waals surface area contributed by atoms with Gasteiger partial charge in [-0.1, -0.05) is 55.3 Å². The molecule has 164 valence electrons. The van der Waals surface area contributed by atoms with Crippen LogP contribution in [0.3, 0.4) is 0 Å². The van der Waals surface area contributed by atoms with Crippen molar-refractivity contribution in [3.63, 3.8) is 0 Å². The van der Waals surface area contributed by atoms with Crippen molar-refractivity contribution in [1.82, 2.24) is 9.80 Å². The number of hydrogen-bond donors (Lipinski definition) is 0. The zero-order valence-corrected chi connectivity index (χ0v) is 18.1. The number of nitrogens with zero attached hydrogens (tertiary/aromatic N) is 2. The van der Waals surface area contributed by atoms with Gasteiger partial charge in [0.15, 0.2) is 0 Å². The van der Waals surface area contributed by atoms with Crippen molar-refractivity contribution in [1.29, 1.82) is 0 Å². The SMILES string of the molecule is O=C(CCCc1ccccc1)N1CCN(C(=O)C2(c3cccc(F)c3)CCCC2)CC1. The molecule has 1 aliphatic heterocycles. The molecule has 2 aromatic rings. The molecule has 0 atom stereocenters. The quantitative estimate of drug-likeness (QED) is 0.695. The molecule has 0 radical (unpaired) electrons.